The molecule has 0 saturated heterocycles. The maximum atomic E-state index is 12.6. The summed E-state index contributed by atoms with van der Waals surface area (Å²) in [5.74, 6) is 0.118. The van der Waals surface area contributed by atoms with Crippen molar-refractivity contribution >= 4 is 27.2 Å². The molecule has 7 nitrogen and oxygen atoms in total. The van der Waals surface area contributed by atoms with E-state index in [1.807, 2.05) is 12.1 Å². The van der Waals surface area contributed by atoms with Crippen LogP contribution in [0.25, 0.3) is 0 Å². The fraction of sp³-hybridized carbons (Fsp3) is 0.105. The zero-order valence-electron chi connectivity index (χ0n) is 14.6. The van der Waals surface area contributed by atoms with E-state index in [4.69, 9.17) is 0 Å². The number of pyridine rings is 2. The number of nitrogens with one attached hydrogen (secondary N) is 2. The molecule has 0 spiro atoms. The lowest BCUT2D eigenvalue weighted by Crippen LogP contribution is -2.15. The van der Waals surface area contributed by atoms with Crippen molar-refractivity contribution in [3.63, 3.8) is 0 Å². The van der Waals surface area contributed by atoms with Gasteiger partial charge in [0.25, 0.3) is 5.91 Å². The van der Waals surface area contributed by atoms with E-state index in [0.29, 0.717) is 23.6 Å². The van der Waals surface area contributed by atoms with Gasteiger partial charge in [0.05, 0.1) is 10.5 Å². The standard InChI is InChI=1S/C19H18N4O3S/c1-27(25,26)16-6-4-15(5-7-16)23-19(24)17-3-2-10-21-18(17)22-13-14-8-11-20-12-9-14/h2-12H,13H2,1H3,(H,21,22)(H,23,24). The van der Waals surface area contributed by atoms with E-state index in [1.54, 1.807) is 42.9 Å². The van der Waals surface area contributed by atoms with Crippen molar-refractivity contribution in [2.75, 3.05) is 16.9 Å². The number of benzene rings is 1. The van der Waals surface area contributed by atoms with E-state index in [1.165, 1.54) is 12.1 Å². The van der Waals surface area contributed by atoms with Crippen molar-refractivity contribution in [1.29, 1.82) is 0 Å². The van der Waals surface area contributed by atoms with E-state index in [0.717, 1.165) is 11.8 Å². The van der Waals surface area contributed by atoms with Gasteiger partial charge >= 0.3 is 0 Å². The molecule has 27 heavy (non-hydrogen) atoms. The number of sulfone groups is 1. The van der Waals surface area contributed by atoms with Crippen LogP contribution < -0.4 is 10.6 Å². The second-order valence-electron chi connectivity index (χ2n) is 5.86. The molecule has 1 amide bonds. The molecule has 2 aromatic heterocycles. The zero-order valence-corrected chi connectivity index (χ0v) is 15.4. The third-order valence-electron chi connectivity index (χ3n) is 3.80. The molecule has 2 N–H and O–H groups in total. The summed E-state index contributed by atoms with van der Waals surface area (Å²) in [5, 5.41) is 5.90. The summed E-state index contributed by atoms with van der Waals surface area (Å²) in [5.41, 5.74) is 1.90. The highest BCUT2D eigenvalue weighted by Crippen LogP contribution is 2.18. The molecule has 0 aliphatic rings. The van der Waals surface area contributed by atoms with Crippen LogP contribution in [0.5, 0.6) is 0 Å². The third kappa shape index (κ3) is 4.89. The topological polar surface area (TPSA) is 101 Å². The normalized spacial score (nSPS) is 11.0. The monoisotopic (exact) mass is 382 g/mol. The maximum absolute atomic E-state index is 12.6. The van der Waals surface area contributed by atoms with Gasteiger partial charge < -0.3 is 10.6 Å². The lowest BCUT2D eigenvalue weighted by molar-refractivity contribution is 0.102. The minimum absolute atomic E-state index is 0.196. The molecule has 0 radical (unpaired) electrons. The lowest BCUT2D eigenvalue weighted by atomic mass is 10.2. The third-order valence-corrected chi connectivity index (χ3v) is 4.93. The molecule has 138 valence electrons. The maximum Gasteiger partial charge on any atom is 0.259 e. The van der Waals surface area contributed by atoms with Gasteiger partial charge in [-0.25, -0.2) is 13.4 Å². The predicted octanol–water partition coefficient (Wildman–Crippen LogP) is 2.74. The van der Waals surface area contributed by atoms with Gasteiger partial charge in [-0.15, -0.1) is 0 Å². The predicted molar refractivity (Wildman–Crippen MR) is 103 cm³/mol. The molecule has 0 unspecified atom stereocenters. The summed E-state index contributed by atoms with van der Waals surface area (Å²) in [6.45, 7) is 0.503. The van der Waals surface area contributed by atoms with Gasteiger partial charge in [0.1, 0.15) is 5.82 Å². The number of hydrogen-bond acceptors (Lipinski definition) is 6. The Hall–Kier alpha value is -3.26. The van der Waals surface area contributed by atoms with Crippen molar-refractivity contribution in [3.05, 3.63) is 78.2 Å². The molecule has 0 saturated carbocycles. The van der Waals surface area contributed by atoms with Crippen LogP contribution in [-0.4, -0.2) is 30.5 Å². The van der Waals surface area contributed by atoms with Gasteiger partial charge in [0, 0.05) is 37.1 Å². The molecule has 1 aromatic carbocycles. The molecule has 8 heteroatoms. The van der Waals surface area contributed by atoms with Gasteiger partial charge in [-0.3, -0.25) is 9.78 Å². The summed E-state index contributed by atoms with van der Waals surface area (Å²) in [6.07, 6.45) is 6.13. The molecule has 0 aliphatic heterocycles. The molecule has 0 atom stereocenters. The first-order chi connectivity index (χ1) is 12.9. The number of hydrogen-bond donors (Lipinski definition) is 2. The zero-order chi connectivity index (χ0) is 19.3. The summed E-state index contributed by atoms with van der Waals surface area (Å²) in [4.78, 5) is 21.0. The molecule has 0 fully saturated rings. The van der Waals surface area contributed by atoms with Crippen LogP contribution in [0.1, 0.15) is 15.9 Å². The molecule has 3 aromatic rings. The Morgan fingerprint density at radius 1 is 1.00 bits per heavy atom. The average Bonchev–Trinajstić information content (AvgIpc) is 2.67. The number of amides is 1. The van der Waals surface area contributed by atoms with E-state index < -0.39 is 9.84 Å². The molecule has 2 heterocycles. The Balaban J connectivity index is 1.73. The first-order valence-electron chi connectivity index (χ1n) is 8.13. The Kier molecular flexibility index (Phi) is 5.46. The van der Waals surface area contributed by atoms with Crippen LogP contribution in [0.2, 0.25) is 0 Å². The van der Waals surface area contributed by atoms with Crippen molar-refractivity contribution in [2.45, 2.75) is 11.4 Å². The number of nitrogens with zero attached hydrogens (tertiary/aromatic N) is 2. The summed E-state index contributed by atoms with van der Waals surface area (Å²) < 4.78 is 23.0. The number of aromatic nitrogens is 2. The Labute approximate surface area is 157 Å². The van der Waals surface area contributed by atoms with Crippen LogP contribution in [0.3, 0.4) is 0 Å². The number of rotatable bonds is 6. The minimum Gasteiger partial charge on any atom is -0.365 e. The van der Waals surface area contributed by atoms with Crippen molar-refractivity contribution < 1.29 is 13.2 Å². The van der Waals surface area contributed by atoms with Crippen molar-refractivity contribution in [2.24, 2.45) is 0 Å². The Bertz CT molecular complexity index is 1040. The van der Waals surface area contributed by atoms with Crippen LogP contribution in [-0.2, 0) is 16.4 Å². The van der Waals surface area contributed by atoms with Crippen LogP contribution in [0, 0.1) is 0 Å². The minimum atomic E-state index is -3.28. The second-order valence-corrected chi connectivity index (χ2v) is 7.87. The average molecular weight is 382 g/mol. The number of carbonyl (C=O) groups excluding carboxylic acids is 1. The van der Waals surface area contributed by atoms with Crippen LogP contribution >= 0.6 is 0 Å². The van der Waals surface area contributed by atoms with E-state index in [2.05, 4.69) is 20.6 Å². The SMILES string of the molecule is CS(=O)(=O)c1ccc(NC(=O)c2cccnc2NCc2ccncc2)cc1. The first kappa shape index (κ1) is 18.5. The summed E-state index contributed by atoms with van der Waals surface area (Å²) in [7, 11) is -3.28. The van der Waals surface area contributed by atoms with E-state index in [9.17, 15) is 13.2 Å². The molecule has 3 rings (SSSR count). The summed E-state index contributed by atoms with van der Waals surface area (Å²) >= 11 is 0. The van der Waals surface area contributed by atoms with Gasteiger partial charge in [-0.2, -0.15) is 0 Å². The van der Waals surface area contributed by atoms with Crippen molar-refractivity contribution in [1.82, 2.24) is 9.97 Å². The molecular formula is C19H18N4O3S. The smallest absolute Gasteiger partial charge is 0.259 e. The first-order valence-corrected chi connectivity index (χ1v) is 10.0. The fourth-order valence-electron chi connectivity index (χ4n) is 2.40. The number of anilines is 2. The second kappa shape index (κ2) is 7.96. The highest BCUT2D eigenvalue weighted by Gasteiger charge is 2.13. The quantitative estimate of drug-likeness (QED) is 0.680. The lowest BCUT2D eigenvalue weighted by Gasteiger charge is -2.11. The largest absolute Gasteiger partial charge is 0.365 e. The van der Waals surface area contributed by atoms with Crippen LogP contribution in [0.4, 0.5) is 11.5 Å². The van der Waals surface area contributed by atoms with Gasteiger partial charge in [-0.1, -0.05) is 0 Å². The van der Waals surface area contributed by atoms with Gasteiger partial charge in [0.2, 0.25) is 0 Å². The van der Waals surface area contributed by atoms with E-state index >= 15 is 0 Å². The van der Waals surface area contributed by atoms with Crippen LogP contribution in [0.15, 0.2) is 72.0 Å². The highest BCUT2D eigenvalue weighted by molar-refractivity contribution is 7.90. The molecule has 0 bridgehead atoms. The van der Waals surface area contributed by atoms with E-state index in [-0.39, 0.29) is 10.8 Å². The number of carbonyl (C=O) groups is 1. The van der Waals surface area contributed by atoms with Gasteiger partial charge in [-0.05, 0) is 54.1 Å². The molecular weight excluding hydrogens is 364 g/mol. The van der Waals surface area contributed by atoms with Gasteiger partial charge in [0.15, 0.2) is 9.84 Å². The molecule has 0 aliphatic carbocycles. The fourth-order valence-corrected chi connectivity index (χ4v) is 3.03. The Morgan fingerprint density at radius 3 is 2.37 bits per heavy atom. The Morgan fingerprint density at radius 2 is 1.70 bits per heavy atom. The van der Waals surface area contributed by atoms with Crippen molar-refractivity contribution in [3.8, 4) is 0 Å². The summed E-state index contributed by atoms with van der Waals surface area (Å²) in [6, 6.07) is 13.1. The highest BCUT2D eigenvalue weighted by atomic mass is 32.2.